The van der Waals surface area contributed by atoms with Crippen molar-refractivity contribution in [2.75, 3.05) is 5.73 Å². The van der Waals surface area contributed by atoms with Gasteiger partial charge in [-0.3, -0.25) is 0 Å². The Kier molecular flexibility index (Phi) is 3.51. The summed E-state index contributed by atoms with van der Waals surface area (Å²) >= 11 is 1.29. The lowest BCUT2D eigenvalue weighted by atomic mass is 10.1. The van der Waals surface area contributed by atoms with E-state index in [4.69, 9.17) is 5.73 Å². The van der Waals surface area contributed by atoms with Crippen LogP contribution < -0.4 is 5.73 Å². The highest BCUT2D eigenvalue weighted by Crippen LogP contribution is 2.29. The number of anilines is 1. The molecule has 0 saturated heterocycles. The molecule has 0 aliphatic heterocycles. The number of aryl methyl sites for hydroxylation is 2. The van der Waals surface area contributed by atoms with Gasteiger partial charge in [-0.05, 0) is 24.1 Å². The van der Waals surface area contributed by atoms with Crippen LogP contribution >= 0.6 is 11.3 Å². The van der Waals surface area contributed by atoms with E-state index in [1.54, 1.807) is 0 Å². The molecule has 2 rings (SSSR count). The van der Waals surface area contributed by atoms with Crippen molar-refractivity contribution in [3.63, 3.8) is 0 Å². The predicted molar refractivity (Wildman–Crippen MR) is 63.2 cm³/mol. The van der Waals surface area contributed by atoms with Crippen molar-refractivity contribution in [2.45, 2.75) is 19.0 Å². The van der Waals surface area contributed by atoms with E-state index in [2.05, 4.69) is 10.2 Å². The fourth-order valence-electron chi connectivity index (χ4n) is 1.48. The Morgan fingerprint density at radius 2 is 1.72 bits per heavy atom. The van der Waals surface area contributed by atoms with Crippen molar-refractivity contribution in [2.24, 2.45) is 0 Å². The summed E-state index contributed by atoms with van der Waals surface area (Å²) < 4.78 is 37.0. The summed E-state index contributed by atoms with van der Waals surface area (Å²) in [5.41, 5.74) is 5.63. The first kappa shape index (κ1) is 12.8. The zero-order valence-electron chi connectivity index (χ0n) is 9.24. The average Bonchev–Trinajstić information content (AvgIpc) is 2.72. The van der Waals surface area contributed by atoms with Gasteiger partial charge in [0.15, 0.2) is 0 Å². The third-order valence-corrected chi connectivity index (χ3v) is 3.20. The largest absolute Gasteiger partial charge is 0.416 e. The lowest BCUT2D eigenvalue weighted by molar-refractivity contribution is -0.137. The van der Waals surface area contributed by atoms with Gasteiger partial charge in [0.05, 0.1) is 5.56 Å². The number of nitrogens with two attached hydrogens (primary N) is 1. The number of nitrogens with zero attached hydrogens (tertiary/aromatic N) is 2. The molecule has 0 saturated carbocycles. The van der Waals surface area contributed by atoms with Crippen LogP contribution in [0.15, 0.2) is 24.3 Å². The highest BCUT2D eigenvalue weighted by molar-refractivity contribution is 7.15. The summed E-state index contributed by atoms with van der Waals surface area (Å²) in [5.74, 6) is 0. The first-order valence-electron chi connectivity index (χ1n) is 5.19. The Bertz CT molecular complexity index is 519. The second-order valence-electron chi connectivity index (χ2n) is 3.73. The van der Waals surface area contributed by atoms with Crippen molar-refractivity contribution < 1.29 is 13.2 Å². The number of aromatic nitrogens is 2. The fraction of sp³-hybridized carbons (Fsp3) is 0.273. The van der Waals surface area contributed by atoms with Gasteiger partial charge in [-0.25, -0.2) is 0 Å². The molecule has 0 aliphatic carbocycles. The van der Waals surface area contributed by atoms with Crippen LogP contribution in [0.4, 0.5) is 18.3 Å². The molecule has 2 N–H and O–H groups in total. The average molecular weight is 273 g/mol. The van der Waals surface area contributed by atoms with Gasteiger partial charge < -0.3 is 5.73 Å². The minimum Gasteiger partial charge on any atom is -0.374 e. The molecular weight excluding hydrogens is 263 g/mol. The SMILES string of the molecule is Nc1nnc(CCc2ccc(C(F)(F)F)cc2)s1. The Morgan fingerprint density at radius 1 is 1.06 bits per heavy atom. The quantitative estimate of drug-likeness (QED) is 0.935. The maximum absolute atomic E-state index is 12.3. The monoisotopic (exact) mass is 273 g/mol. The topological polar surface area (TPSA) is 51.8 Å². The van der Waals surface area contributed by atoms with Crippen LogP contribution in [-0.2, 0) is 19.0 Å². The number of hydrogen-bond donors (Lipinski definition) is 1. The maximum atomic E-state index is 12.3. The molecule has 0 amide bonds. The van der Waals surface area contributed by atoms with Gasteiger partial charge in [0, 0.05) is 6.42 Å². The molecule has 1 heterocycles. The number of hydrogen-bond acceptors (Lipinski definition) is 4. The van der Waals surface area contributed by atoms with Crippen LogP contribution in [0.3, 0.4) is 0 Å². The van der Waals surface area contributed by atoms with Crippen LogP contribution in [0.2, 0.25) is 0 Å². The van der Waals surface area contributed by atoms with Gasteiger partial charge in [0.2, 0.25) is 5.13 Å². The summed E-state index contributed by atoms with van der Waals surface area (Å²) in [6, 6.07) is 5.13. The van der Waals surface area contributed by atoms with Crippen molar-refractivity contribution in [3.8, 4) is 0 Å². The lowest BCUT2D eigenvalue weighted by Crippen LogP contribution is -2.04. The first-order valence-corrected chi connectivity index (χ1v) is 6.01. The normalized spacial score (nSPS) is 11.7. The highest BCUT2D eigenvalue weighted by Gasteiger charge is 2.29. The molecule has 0 aliphatic rings. The van der Waals surface area contributed by atoms with E-state index in [1.165, 1.54) is 23.5 Å². The van der Waals surface area contributed by atoms with Gasteiger partial charge in [-0.15, -0.1) is 10.2 Å². The fourth-order valence-corrected chi connectivity index (χ4v) is 2.09. The maximum Gasteiger partial charge on any atom is 0.416 e. The number of alkyl halides is 3. The Balaban J connectivity index is 1.98. The number of benzene rings is 1. The summed E-state index contributed by atoms with van der Waals surface area (Å²) in [4.78, 5) is 0. The van der Waals surface area contributed by atoms with Crippen molar-refractivity contribution in [1.29, 1.82) is 0 Å². The molecule has 0 radical (unpaired) electrons. The third-order valence-electron chi connectivity index (χ3n) is 2.39. The van der Waals surface area contributed by atoms with Gasteiger partial charge in [0.25, 0.3) is 0 Å². The van der Waals surface area contributed by atoms with Crippen LogP contribution in [-0.4, -0.2) is 10.2 Å². The Labute approximate surface area is 105 Å². The van der Waals surface area contributed by atoms with E-state index in [0.717, 1.165) is 22.7 Å². The summed E-state index contributed by atoms with van der Waals surface area (Å²) in [5, 5.41) is 8.71. The second-order valence-corrected chi connectivity index (χ2v) is 4.82. The molecule has 0 fully saturated rings. The van der Waals surface area contributed by atoms with Gasteiger partial charge in [-0.1, -0.05) is 23.5 Å². The summed E-state index contributed by atoms with van der Waals surface area (Å²) in [7, 11) is 0. The smallest absolute Gasteiger partial charge is 0.374 e. The van der Waals surface area contributed by atoms with Crippen molar-refractivity contribution >= 4 is 16.5 Å². The summed E-state index contributed by atoms with van der Waals surface area (Å²) in [6.07, 6.45) is -3.04. The minimum atomic E-state index is -4.29. The van der Waals surface area contributed by atoms with E-state index in [1.807, 2.05) is 0 Å². The van der Waals surface area contributed by atoms with Gasteiger partial charge in [0.1, 0.15) is 5.01 Å². The molecule has 2 aromatic rings. The van der Waals surface area contributed by atoms with Crippen molar-refractivity contribution in [3.05, 3.63) is 40.4 Å². The van der Waals surface area contributed by atoms with Crippen LogP contribution in [0.1, 0.15) is 16.1 Å². The molecule has 1 aromatic heterocycles. The van der Waals surface area contributed by atoms with Crippen LogP contribution in [0, 0.1) is 0 Å². The number of rotatable bonds is 3. The second kappa shape index (κ2) is 4.93. The first-order chi connectivity index (χ1) is 8.45. The Hall–Kier alpha value is -1.63. The van der Waals surface area contributed by atoms with E-state index in [-0.39, 0.29) is 0 Å². The van der Waals surface area contributed by atoms with E-state index < -0.39 is 11.7 Å². The highest BCUT2D eigenvalue weighted by atomic mass is 32.1. The molecule has 0 bridgehead atoms. The molecule has 0 unspecified atom stereocenters. The number of nitrogen functional groups attached to an aromatic ring is 1. The summed E-state index contributed by atoms with van der Waals surface area (Å²) in [6.45, 7) is 0. The minimum absolute atomic E-state index is 0.400. The molecule has 1 aromatic carbocycles. The zero-order chi connectivity index (χ0) is 13.2. The van der Waals surface area contributed by atoms with Crippen LogP contribution in [0.5, 0.6) is 0 Å². The zero-order valence-corrected chi connectivity index (χ0v) is 10.1. The molecule has 96 valence electrons. The molecule has 18 heavy (non-hydrogen) atoms. The molecule has 7 heteroatoms. The van der Waals surface area contributed by atoms with Crippen molar-refractivity contribution in [1.82, 2.24) is 10.2 Å². The van der Waals surface area contributed by atoms with Gasteiger partial charge in [-0.2, -0.15) is 13.2 Å². The molecule has 3 nitrogen and oxygen atoms in total. The molecule has 0 atom stereocenters. The van der Waals surface area contributed by atoms with Gasteiger partial charge >= 0.3 is 6.18 Å². The standard InChI is InChI=1S/C11H10F3N3S/c12-11(13,14)8-4-1-7(2-5-8)3-6-9-16-17-10(15)18-9/h1-2,4-5H,3,6H2,(H2,15,17). The third kappa shape index (κ3) is 3.19. The van der Waals surface area contributed by atoms with E-state index in [9.17, 15) is 13.2 Å². The Morgan fingerprint density at radius 3 is 2.22 bits per heavy atom. The van der Waals surface area contributed by atoms with E-state index >= 15 is 0 Å². The molecule has 0 spiro atoms. The number of halogens is 3. The lowest BCUT2D eigenvalue weighted by Gasteiger charge is -2.07. The predicted octanol–water partition coefficient (Wildman–Crippen LogP) is 2.92. The van der Waals surface area contributed by atoms with Crippen LogP contribution in [0.25, 0.3) is 0 Å². The van der Waals surface area contributed by atoms with E-state index in [0.29, 0.717) is 18.0 Å². The molecular formula is C11H10F3N3S.